The van der Waals surface area contributed by atoms with E-state index in [0.29, 0.717) is 0 Å². The lowest BCUT2D eigenvalue weighted by molar-refractivity contribution is -0.143. The molecule has 164 valence electrons. The molecule has 0 aromatic carbocycles. The van der Waals surface area contributed by atoms with Gasteiger partial charge >= 0.3 is 11.9 Å². The Morgan fingerprint density at radius 2 is 1.62 bits per heavy atom. The number of nitrogens with one attached hydrogen (secondary N) is 3. The minimum Gasteiger partial charge on any atom is -0.481 e. The highest BCUT2D eigenvalue weighted by Gasteiger charge is 2.28. The van der Waals surface area contributed by atoms with Gasteiger partial charge in [-0.25, -0.2) is 4.79 Å². The van der Waals surface area contributed by atoms with Crippen molar-refractivity contribution in [2.24, 2.45) is 22.2 Å². The summed E-state index contributed by atoms with van der Waals surface area (Å²) in [6.07, 6.45) is -0.594. The molecule has 0 aliphatic rings. The smallest absolute Gasteiger partial charge is 0.326 e. The van der Waals surface area contributed by atoms with Crippen LogP contribution in [0.1, 0.15) is 26.2 Å². The van der Waals surface area contributed by atoms with Crippen molar-refractivity contribution < 1.29 is 34.2 Å². The summed E-state index contributed by atoms with van der Waals surface area (Å²) in [6.45, 7) is 0.994. The van der Waals surface area contributed by atoms with Crippen LogP contribution in [0.4, 0.5) is 0 Å². The zero-order valence-electron chi connectivity index (χ0n) is 15.9. The highest BCUT2D eigenvalue weighted by atomic mass is 16.4. The van der Waals surface area contributed by atoms with Crippen molar-refractivity contribution in [3.63, 3.8) is 0 Å². The first-order chi connectivity index (χ1) is 13.4. The van der Waals surface area contributed by atoms with Crippen molar-refractivity contribution in [1.29, 1.82) is 0 Å². The van der Waals surface area contributed by atoms with Crippen molar-refractivity contribution in [3.05, 3.63) is 0 Å². The molecule has 0 saturated carbocycles. The van der Waals surface area contributed by atoms with Crippen LogP contribution in [0.2, 0.25) is 0 Å². The van der Waals surface area contributed by atoms with Gasteiger partial charge in [0.05, 0.1) is 19.0 Å². The number of carbonyl (C=O) groups is 5. The summed E-state index contributed by atoms with van der Waals surface area (Å²) in [5.74, 6) is -5.39. The lowest BCUT2D eigenvalue weighted by Crippen LogP contribution is -2.54. The normalized spacial score (nSPS) is 13.3. The highest BCUT2D eigenvalue weighted by molar-refractivity contribution is 5.94. The molecule has 0 bridgehead atoms. The first kappa shape index (κ1) is 25.6. The maximum Gasteiger partial charge on any atom is 0.326 e. The van der Waals surface area contributed by atoms with Crippen molar-refractivity contribution in [1.82, 2.24) is 16.0 Å². The molecule has 0 aromatic heterocycles. The Bertz CT molecular complexity index is 647. The molecular weight excluding hydrogens is 390 g/mol. The Balaban J connectivity index is 4.91. The number of carboxylic acids is 2. The van der Waals surface area contributed by atoms with Crippen molar-refractivity contribution in [3.8, 4) is 0 Å². The van der Waals surface area contributed by atoms with E-state index in [0.717, 1.165) is 0 Å². The minimum atomic E-state index is -1.55. The number of aliphatic carboxylic acids is 2. The first-order valence-corrected chi connectivity index (χ1v) is 8.57. The van der Waals surface area contributed by atoms with E-state index in [-0.39, 0.29) is 25.3 Å². The van der Waals surface area contributed by atoms with Crippen LogP contribution < -0.4 is 33.2 Å². The van der Waals surface area contributed by atoms with Gasteiger partial charge in [-0.3, -0.25) is 24.2 Å². The number of amides is 3. The van der Waals surface area contributed by atoms with Crippen LogP contribution in [0.15, 0.2) is 4.99 Å². The van der Waals surface area contributed by atoms with E-state index >= 15 is 0 Å². The van der Waals surface area contributed by atoms with Crippen molar-refractivity contribution in [2.45, 2.75) is 44.3 Å². The fraction of sp³-hybridized carbons (Fsp3) is 0.600. The lowest BCUT2D eigenvalue weighted by Gasteiger charge is -2.20. The quantitative estimate of drug-likeness (QED) is 0.0819. The first-order valence-electron chi connectivity index (χ1n) is 8.57. The second-order valence-electron chi connectivity index (χ2n) is 6.07. The summed E-state index contributed by atoms with van der Waals surface area (Å²) >= 11 is 0. The highest BCUT2D eigenvalue weighted by Crippen LogP contribution is 2.01. The van der Waals surface area contributed by atoms with Gasteiger partial charge in [-0.05, 0) is 19.8 Å². The van der Waals surface area contributed by atoms with Gasteiger partial charge in [0.15, 0.2) is 5.96 Å². The molecule has 0 aliphatic carbocycles. The predicted molar refractivity (Wildman–Crippen MR) is 100 cm³/mol. The van der Waals surface area contributed by atoms with Crippen LogP contribution in [0, 0.1) is 0 Å². The van der Waals surface area contributed by atoms with E-state index in [4.69, 9.17) is 22.3 Å². The van der Waals surface area contributed by atoms with E-state index in [1.165, 1.54) is 6.92 Å². The van der Waals surface area contributed by atoms with Crippen LogP contribution in [-0.4, -0.2) is 77.0 Å². The summed E-state index contributed by atoms with van der Waals surface area (Å²) in [4.78, 5) is 61.5. The van der Waals surface area contributed by atoms with Gasteiger partial charge in [-0.15, -0.1) is 0 Å². The van der Waals surface area contributed by atoms with Gasteiger partial charge in [0.25, 0.3) is 0 Å². The fourth-order valence-electron chi connectivity index (χ4n) is 1.99. The van der Waals surface area contributed by atoms with Crippen molar-refractivity contribution in [2.75, 3.05) is 13.1 Å². The number of hydrogen-bond acceptors (Lipinski definition) is 7. The molecule has 0 aliphatic heterocycles. The maximum atomic E-state index is 12.3. The van der Waals surface area contributed by atoms with Crippen LogP contribution in [0.5, 0.6) is 0 Å². The summed E-state index contributed by atoms with van der Waals surface area (Å²) in [6, 6.07) is -3.76. The van der Waals surface area contributed by atoms with E-state index in [2.05, 4.69) is 20.9 Å². The number of hydrogen-bond donors (Lipinski definition) is 8. The molecule has 0 radical (unpaired) electrons. The topological polar surface area (TPSA) is 252 Å². The number of guanidine groups is 1. The molecule has 0 rings (SSSR count). The molecule has 3 atom stereocenters. The lowest BCUT2D eigenvalue weighted by atomic mass is 10.1. The van der Waals surface area contributed by atoms with Crippen LogP contribution >= 0.6 is 0 Å². The number of aliphatic imine (C=N–C) groups is 1. The Kier molecular flexibility index (Phi) is 11.4. The number of rotatable bonds is 13. The third-order valence-electron chi connectivity index (χ3n) is 3.43. The average molecular weight is 417 g/mol. The van der Waals surface area contributed by atoms with Crippen LogP contribution in [-0.2, 0) is 24.0 Å². The Labute approximate surface area is 166 Å². The third-order valence-corrected chi connectivity index (χ3v) is 3.43. The summed E-state index contributed by atoms with van der Waals surface area (Å²) in [5, 5.41) is 24.6. The molecular formula is C15H27N7O7. The zero-order chi connectivity index (χ0) is 22.6. The number of nitrogens with zero attached hydrogens (tertiary/aromatic N) is 1. The van der Waals surface area contributed by atoms with E-state index in [9.17, 15) is 29.1 Å². The molecule has 3 unspecified atom stereocenters. The average Bonchev–Trinajstić information content (AvgIpc) is 2.60. The third kappa shape index (κ3) is 11.8. The second kappa shape index (κ2) is 12.9. The van der Waals surface area contributed by atoms with Gasteiger partial charge in [0.1, 0.15) is 12.1 Å². The molecule has 0 heterocycles. The number of nitrogens with two attached hydrogens (primary N) is 3. The Hall–Kier alpha value is -3.42. The van der Waals surface area contributed by atoms with Gasteiger partial charge in [0, 0.05) is 6.54 Å². The summed E-state index contributed by atoms with van der Waals surface area (Å²) in [7, 11) is 0. The molecule has 3 amide bonds. The monoisotopic (exact) mass is 417 g/mol. The molecule has 0 aromatic rings. The summed E-state index contributed by atoms with van der Waals surface area (Å²) in [5.41, 5.74) is 15.6. The Morgan fingerprint density at radius 3 is 2.10 bits per heavy atom. The molecule has 0 spiro atoms. The summed E-state index contributed by atoms with van der Waals surface area (Å²) < 4.78 is 0. The Morgan fingerprint density at radius 1 is 1.00 bits per heavy atom. The van der Waals surface area contributed by atoms with E-state index < -0.39 is 60.8 Å². The maximum absolute atomic E-state index is 12.3. The van der Waals surface area contributed by atoms with E-state index in [1.54, 1.807) is 0 Å². The zero-order valence-corrected chi connectivity index (χ0v) is 15.9. The van der Waals surface area contributed by atoms with Crippen molar-refractivity contribution >= 4 is 35.6 Å². The fourth-order valence-corrected chi connectivity index (χ4v) is 1.99. The molecule has 14 nitrogen and oxygen atoms in total. The molecule has 0 fully saturated rings. The molecule has 11 N–H and O–H groups in total. The standard InChI is InChI=1S/C15H27N7O7/c1-7(16)12(26)20-6-10(23)21-9(5-11(24)25)13(27)22-8(14(28)29)3-2-4-19-15(17)18/h7-9H,2-6,16H2,1H3,(H,20,26)(H,21,23)(H,22,27)(H,24,25)(H,28,29)(H4,17,18,19). The predicted octanol–water partition coefficient (Wildman–Crippen LogP) is -3.97. The molecule has 29 heavy (non-hydrogen) atoms. The van der Waals surface area contributed by atoms with Gasteiger partial charge in [0.2, 0.25) is 17.7 Å². The number of carbonyl (C=O) groups excluding carboxylic acids is 3. The SMILES string of the molecule is CC(N)C(=O)NCC(=O)NC(CC(=O)O)C(=O)NC(CCCN=C(N)N)C(=O)O. The van der Waals surface area contributed by atoms with Gasteiger partial charge in [-0.1, -0.05) is 0 Å². The van der Waals surface area contributed by atoms with E-state index in [1.807, 2.05) is 0 Å². The second-order valence-corrected chi connectivity index (χ2v) is 6.07. The van der Waals surface area contributed by atoms with Gasteiger partial charge in [-0.2, -0.15) is 0 Å². The minimum absolute atomic E-state index is 0.0317. The van der Waals surface area contributed by atoms with Crippen LogP contribution in [0.3, 0.4) is 0 Å². The largest absolute Gasteiger partial charge is 0.481 e. The molecule has 14 heteroatoms. The van der Waals surface area contributed by atoms with Crippen LogP contribution in [0.25, 0.3) is 0 Å². The number of carboxylic acid groups (broad SMARTS) is 2. The molecule has 0 saturated heterocycles. The van der Waals surface area contributed by atoms with Gasteiger partial charge < -0.3 is 43.4 Å².